The number of hydrogen-bond acceptors (Lipinski definition) is 6. The van der Waals surface area contributed by atoms with Gasteiger partial charge < -0.3 is 14.8 Å². The van der Waals surface area contributed by atoms with E-state index in [0.717, 1.165) is 4.31 Å². The molecule has 0 radical (unpaired) electrons. The molecule has 1 N–H and O–H groups in total. The van der Waals surface area contributed by atoms with Gasteiger partial charge in [-0.2, -0.15) is 11.8 Å². The third-order valence-electron chi connectivity index (χ3n) is 5.15. The van der Waals surface area contributed by atoms with Crippen molar-refractivity contribution in [3.63, 3.8) is 0 Å². The van der Waals surface area contributed by atoms with E-state index >= 15 is 0 Å². The second-order valence-corrected chi connectivity index (χ2v) is 10.8. The summed E-state index contributed by atoms with van der Waals surface area (Å²) < 4.78 is 52.5. The van der Waals surface area contributed by atoms with E-state index in [1.807, 2.05) is 0 Å². The fourth-order valence-electron chi connectivity index (χ4n) is 3.30. The van der Waals surface area contributed by atoms with E-state index in [1.54, 1.807) is 42.5 Å². The van der Waals surface area contributed by atoms with E-state index in [-0.39, 0.29) is 28.7 Å². The molecule has 7 nitrogen and oxygen atoms in total. The van der Waals surface area contributed by atoms with Crippen molar-refractivity contribution in [2.24, 2.45) is 0 Å². The van der Waals surface area contributed by atoms with Gasteiger partial charge in [0.1, 0.15) is 23.9 Å². The summed E-state index contributed by atoms with van der Waals surface area (Å²) in [6.45, 7) is -0.210. The van der Waals surface area contributed by atoms with E-state index in [0.29, 0.717) is 27.8 Å². The van der Waals surface area contributed by atoms with Crippen LogP contribution in [0.15, 0.2) is 71.6 Å². The minimum Gasteiger partial charge on any atom is -0.497 e. The second kappa shape index (κ2) is 12.8. The number of anilines is 1. The van der Waals surface area contributed by atoms with Gasteiger partial charge in [0, 0.05) is 34.7 Å². The molecule has 36 heavy (non-hydrogen) atoms. The minimum atomic E-state index is -4.09. The molecule has 0 aliphatic heterocycles. The van der Waals surface area contributed by atoms with Crippen LogP contribution in [0.3, 0.4) is 0 Å². The van der Waals surface area contributed by atoms with E-state index in [1.165, 1.54) is 50.2 Å². The highest BCUT2D eigenvalue weighted by atomic mass is 35.5. The van der Waals surface area contributed by atoms with Gasteiger partial charge in [0.2, 0.25) is 5.91 Å². The lowest BCUT2D eigenvalue weighted by Crippen LogP contribution is -2.41. The Kier molecular flexibility index (Phi) is 9.86. The Hall–Kier alpha value is -2.95. The molecule has 3 aromatic carbocycles. The molecular formula is C25H26ClFN2O5S2. The summed E-state index contributed by atoms with van der Waals surface area (Å²) in [6, 6.07) is 17.0. The summed E-state index contributed by atoms with van der Waals surface area (Å²) in [5.41, 5.74) is 0.600. The molecule has 3 aromatic rings. The maximum Gasteiger partial charge on any atom is 0.264 e. The fourth-order valence-corrected chi connectivity index (χ4v) is 5.95. The van der Waals surface area contributed by atoms with Crippen LogP contribution in [-0.2, 0) is 20.6 Å². The van der Waals surface area contributed by atoms with Gasteiger partial charge in [-0.15, -0.1) is 0 Å². The molecule has 0 fully saturated rings. The van der Waals surface area contributed by atoms with E-state index < -0.39 is 22.5 Å². The van der Waals surface area contributed by atoms with Gasteiger partial charge in [-0.25, -0.2) is 12.8 Å². The van der Waals surface area contributed by atoms with Gasteiger partial charge in [0.05, 0.1) is 24.8 Å². The van der Waals surface area contributed by atoms with Crippen LogP contribution in [0.25, 0.3) is 0 Å². The Morgan fingerprint density at radius 2 is 1.81 bits per heavy atom. The average molecular weight is 553 g/mol. The van der Waals surface area contributed by atoms with Crippen LogP contribution in [0.4, 0.5) is 10.1 Å². The molecule has 0 aromatic heterocycles. The van der Waals surface area contributed by atoms with Crippen LogP contribution in [0.5, 0.6) is 11.5 Å². The lowest BCUT2D eigenvalue weighted by Gasteiger charge is -2.26. The van der Waals surface area contributed by atoms with Crippen molar-refractivity contribution in [3.05, 3.63) is 83.1 Å². The lowest BCUT2D eigenvalue weighted by atomic mass is 10.2. The highest BCUT2D eigenvalue weighted by molar-refractivity contribution is 7.98. The van der Waals surface area contributed by atoms with Crippen LogP contribution >= 0.6 is 23.4 Å². The third-order valence-corrected chi connectivity index (χ3v) is 8.26. The van der Waals surface area contributed by atoms with Crippen LogP contribution < -0.4 is 19.1 Å². The highest BCUT2D eigenvalue weighted by Gasteiger charge is 2.29. The van der Waals surface area contributed by atoms with Crippen molar-refractivity contribution in [1.29, 1.82) is 0 Å². The molecule has 0 unspecified atom stereocenters. The molecule has 0 heterocycles. The first-order chi connectivity index (χ1) is 17.3. The number of methoxy groups -OCH3 is 2. The van der Waals surface area contributed by atoms with E-state index in [4.69, 9.17) is 21.1 Å². The fraction of sp³-hybridized carbons (Fsp3) is 0.240. The Labute approximate surface area is 219 Å². The number of hydrogen-bond donors (Lipinski definition) is 1. The third kappa shape index (κ3) is 6.83. The Morgan fingerprint density at radius 3 is 2.47 bits per heavy atom. The zero-order valence-corrected chi connectivity index (χ0v) is 22.1. The largest absolute Gasteiger partial charge is 0.497 e. The number of nitrogens with one attached hydrogen (secondary N) is 1. The summed E-state index contributed by atoms with van der Waals surface area (Å²) in [4.78, 5) is 12.8. The number of amides is 1. The number of thioether (sulfide) groups is 1. The summed E-state index contributed by atoms with van der Waals surface area (Å²) in [5, 5.41) is 3.07. The maximum atomic E-state index is 13.9. The van der Waals surface area contributed by atoms with Gasteiger partial charge in [-0.3, -0.25) is 9.10 Å². The average Bonchev–Trinajstić information content (AvgIpc) is 2.88. The number of rotatable bonds is 12. The van der Waals surface area contributed by atoms with Gasteiger partial charge in [-0.05, 0) is 36.4 Å². The van der Waals surface area contributed by atoms with E-state index in [2.05, 4.69) is 5.32 Å². The van der Waals surface area contributed by atoms with Crippen molar-refractivity contribution in [2.75, 3.05) is 37.4 Å². The predicted octanol–water partition coefficient (Wildman–Crippen LogP) is 4.74. The van der Waals surface area contributed by atoms with Gasteiger partial charge in [-0.1, -0.05) is 35.9 Å². The van der Waals surface area contributed by atoms with Crippen molar-refractivity contribution in [2.45, 2.75) is 10.6 Å². The topological polar surface area (TPSA) is 84.9 Å². The molecule has 0 aliphatic rings. The number of sulfonamides is 1. The number of halogens is 2. The molecule has 0 saturated carbocycles. The molecule has 0 atom stereocenters. The number of carbonyl (C=O) groups is 1. The standard InChI is InChI=1S/C25H26ClFN2O5S2/c1-33-18-11-12-23(24(15-18)34-2)29(36(31,32)19-7-4-3-5-8-19)16-25(30)28-13-14-35-17-20-21(26)9-6-10-22(20)27/h3-12,15H,13-14,16-17H2,1-2H3,(H,28,30). The summed E-state index contributed by atoms with van der Waals surface area (Å²) in [7, 11) is -1.20. The van der Waals surface area contributed by atoms with Gasteiger partial charge >= 0.3 is 0 Å². The summed E-state index contributed by atoms with van der Waals surface area (Å²) in [6.07, 6.45) is 0. The number of carbonyl (C=O) groups excluding carboxylic acids is 1. The Morgan fingerprint density at radius 1 is 1.06 bits per heavy atom. The van der Waals surface area contributed by atoms with Crippen LogP contribution in [0, 0.1) is 5.82 Å². The molecule has 11 heteroatoms. The predicted molar refractivity (Wildman–Crippen MR) is 141 cm³/mol. The lowest BCUT2D eigenvalue weighted by molar-refractivity contribution is -0.119. The van der Waals surface area contributed by atoms with Crippen molar-refractivity contribution < 1.29 is 27.1 Å². The first-order valence-corrected chi connectivity index (χ1v) is 13.8. The van der Waals surface area contributed by atoms with Gasteiger partial charge in [0.25, 0.3) is 10.0 Å². The van der Waals surface area contributed by atoms with Crippen LogP contribution in [0.2, 0.25) is 5.02 Å². The summed E-state index contributed by atoms with van der Waals surface area (Å²) in [5.74, 6) is 0.654. The first kappa shape index (κ1) is 27.6. The smallest absolute Gasteiger partial charge is 0.264 e. The minimum absolute atomic E-state index is 0.0352. The van der Waals surface area contributed by atoms with E-state index in [9.17, 15) is 17.6 Å². The SMILES string of the molecule is COc1ccc(N(CC(=O)NCCSCc2c(F)cccc2Cl)S(=O)(=O)c2ccccc2)c(OC)c1. The molecule has 0 bridgehead atoms. The van der Waals surface area contributed by atoms with Crippen molar-refractivity contribution in [1.82, 2.24) is 5.32 Å². The zero-order valence-electron chi connectivity index (χ0n) is 19.7. The van der Waals surface area contributed by atoms with Crippen molar-refractivity contribution >= 4 is 45.0 Å². The summed E-state index contributed by atoms with van der Waals surface area (Å²) >= 11 is 7.44. The van der Waals surface area contributed by atoms with Crippen LogP contribution in [0.1, 0.15) is 5.56 Å². The molecule has 192 valence electrons. The molecule has 0 saturated heterocycles. The molecule has 3 rings (SSSR count). The highest BCUT2D eigenvalue weighted by Crippen LogP contribution is 2.35. The normalized spacial score (nSPS) is 11.1. The maximum absolute atomic E-state index is 13.9. The van der Waals surface area contributed by atoms with Crippen molar-refractivity contribution in [3.8, 4) is 11.5 Å². The Balaban J connectivity index is 1.72. The first-order valence-electron chi connectivity index (χ1n) is 10.8. The molecular weight excluding hydrogens is 527 g/mol. The second-order valence-electron chi connectivity index (χ2n) is 7.47. The number of ether oxygens (including phenoxy) is 2. The van der Waals surface area contributed by atoms with Crippen LogP contribution in [-0.4, -0.2) is 47.4 Å². The zero-order chi connectivity index (χ0) is 26.1. The molecule has 1 amide bonds. The molecule has 0 spiro atoms. The van der Waals surface area contributed by atoms with Gasteiger partial charge in [0.15, 0.2) is 0 Å². The monoisotopic (exact) mass is 552 g/mol. The quantitative estimate of drug-likeness (QED) is 0.327. The number of benzene rings is 3. The number of nitrogens with zero attached hydrogens (tertiary/aromatic N) is 1. The molecule has 0 aliphatic carbocycles. The Bertz CT molecular complexity index is 1270.